The summed E-state index contributed by atoms with van der Waals surface area (Å²) in [6, 6.07) is 16.5. The molecule has 0 aromatic heterocycles. The Labute approximate surface area is 224 Å². The first-order chi connectivity index (χ1) is 18.1. The van der Waals surface area contributed by atoms with Gasteiger partial charge in [-0.05, 0) is 57.8 Å². The zero-order valence-corrected chi connectivity index (χ0v) is 22.7. The highest BCUT2D eigenvalue weighted by Gasteiger charge is 2.55. The van der Waals surface area contributed by atoms with Crippen LogP contribution in [0.2, 0.25) is 0 Å². The molecule has 2 aliphatic heterocycles. The number of carbonyl (C=O) groups excluding carboxylic acids is 3. The zero-order chi connectivity index (χ0) is 27.4. The average Bonchev–Trinajstić information content (AvgIpc) is 3.41. The number of fused-ring (bicyclic) bond motifs is 1. The quantitative estimate of drug-likeness (QED) is 0.364. The minimum Gasteiger partial charge on any atom is -0.335 e. The standard InChI is InChI=1S/C28H39N7O3/c1-6-23(36)29-20-14-12-19(13-15-20)26(37)31-25-21-16-35(28(2,3)24(21)32-33-25)27(38)30-22(17-34(4)5)18-10-8-7-9-11-18/h7-15,21-22,24-25,32-33H,6,16-17H2,1-5H3,(H,29,36)(H,30,38)(H,31,37)/t21?,22-,24?,25?/m1/s1. The van der Waals surface area contributed by atoms with Crippen molar-refractivity contribution < 1.29 is 14.4 Å². The second-order valence-electron chi connectivity index (χ2n) is 10.8. The molecule has 2 aromatic rings. The summed E-state index contributed by atoms with van der Waals surface area (Å²) in [5.41, 5.74) is 8.23. The number of nitrogens with zero attached hydrogens (tertiary/aromatic N) is 2. The Morgan fingerprint density at radius 2 is 1.74 bits per heavy atom. The summed E-state index contributed by atoms with van der Waals surface area (Å²) in [4.78, 5) is 42.1. The van der Waals surface area contributed by atoms with Crippen molar-refractivity contribution in [1.29, 1.82) is 0 Å². The highest BCUT2D eigenvalue weighted by Crippen LogP contribution is 2.37. The smallest absolute Gasteiger partial charge is 0.318 e. The number of urea groups is 1. The molecule has 4 amide bonds. The highest BCUT2D eigenvalue weighted by atomic mass is 16.2. The van der Waals surface area contributed by atoms with Gasteiger partial charge in [0, 0.05) is 36.7 Å². The molecule has 3 unspecified atom stereocenters. The third kappa shape index (κ3) is 5.98. The van der Waals surface area contributed by atoms with Gasteiger partial charge in [0.2, 0.25) is 5.91 Å². The Morgan fingerprint density at radius 3 is 2.37 bits per heavy atom. The monoisotopic (exact) mass is 521 g/mol. The number of carbonyl (C=O) groups is 3. The van der Waals surface area contributed by atoms with E-state index in [1.54, 1.807) is 31.2 Å². The zero-order valence-electron chi connectivity index (χ0n) is 22.7. The molecule has 4 rings (SSSR count). The number of amides is 4. The van der Waals surface area contributed by atoms with E-state index in [1.165, 1.54) is 0 Å². The number of hydrazine groups is 1. The van der Waals surface area contributed by atoms with Crippen molar-refractivity contribution in [3.8, 4) is 0 Å². The fraction of sp³-hybridized carbons (Fsp3) is 0.464. The third-order valence-electron chi connectivity index (χ3n) is 7.43. The topological polar surface area (TPSA) is 118 Å². The number of anilines is 1. The summed E-state index contributed by atoms with van der Waals surface area (Å²) in [6.45, 7) is 7.04. The van der Waals surface area contributed by atoms with Gasteiger partial charge in [-0.3, -0.25) is 15.0 Å². The molecule has 0 spiro atoms. The summed E-state index contributed by atoms with van der Waals surface area (Å²) in [6.07, 6.45) is 0.0368. The lowest BCUT2D eigenvalue weighted by molar-refractivity contribution is -0.115. The van der Waals surface area contributed by atoms with Gasteiger partial charge in [0.05, 0.1) is 23.8 Å². The molecule has 4 atom stereocenters. The lowest BCUT2D eigenvalue weighted by atomic mass is 9.90. The van der Waals surface area contributed by atoms with Gasteiger partial charge in [-0.25, -0.2) is 10.2 Å². The van der Waals surface area contributed by atoms with Crippen LogP contribution in [0.4, 0.5) is 10.5 Å². The number of likely N-dealkylation sites (N-methyl/N-ethyl adjacent to an activating group) is 1. The summed E-state index contributed by atoms with van der Waals surface area (Å²) in [5, 5.41) is 9.08. The molecule has 0 radical (unpaired) electrons. The van der Waals surface area contributed by atoms with E-state index >= 15 is 0 Å². The molecule has 0 bridgehead atoms. The molecule has 2 heterocycles. The Bertz CT molecular complexity index is 1140. The fourth-order valence-electron chi connectivity index (χ4n) is 5.29. The second kappa shape index (κ2) is 11.5. The Hall–Kier alpha value is -3.47. The van der Waals surface area contributed by atoms with Crippen molar-refractivity contribution >= 4 is 23.5 Å². The molecule has 0 aliphatic carbocycles. The number of hydrogen-bond donors (Lipinski definition) is 5. The fourth-order valence-corrected chi connectivity index (χ4v) is 5.29. The SMILES string of the molecule is CCC(=O)Nc1ccc(C(=O)NC2NNC3C2CN(C(=O)N[C@H](CN(C)C)c2ccccc2)C3(C)C)cc1. The van der Waals surface area contributed by atoms with Gasteiger partial charge in [0.1, 0.15) is 0 Å². The van der Waals surface area contributed by atoms with Crippen molar-refractivity contribution in [3.63, 3.8) is 0 Å². The first kappa shape index (κ1) is 27.6. The predicted octanol–water partition coefficient (Wildman–Crippen LogP) is 2.29. The molecule has 2 saturated heterocycles. The van der Waals surface area contributed by atoms with Crippen LogP contribution < -0.4 is 26.8 Å². The molecule has 204 valence electrons. The lowest BCUT2D eigenvalue weighted by Crippen LogP contribution is -2.57. The Morgan fingerprint density at radius 1 is 1.05 bits per heavy atom. The molecule has 10 heteroatoms. The number of benzene rings is 2. The van der Waals surface area contributed by atoms with E-state index in [1.807, 2.05) is 63.2 Å². The maximum Gasteiger partial charge on any atom is 0.318 e. The van der Waals surface area contributed by atoms with E-state index in [0.29, 0.717) is 30.8 Å². The molecular formula is C28H39N7O3. The predicted molar refractivity (Wildman–Crippen MR) is 147 cm³/mol. The summed E-state index contributed by atoms with van der Waals surface area (Å²) < 4.78 is 0. The second-order valence-corrected chi connectivity index (χ2v) is 10.8. The third-order valence-corrected chi connectivity index (χ3v) is 7.43. The molecular weight excluding hydrogens is 482 g/mol. The first-order valence-electron chi connectivity index (χ1n) is 13.1. The van der Waals surface area contributed by atoms with Gasteiger partial charge >= 0.3 is 6.03 Å². The van der Waals surface area contributed by atoms with Crippen molar-refractivity contribution in [2.45, 2.75) is 51.0 Å². The average molecular weight is 522 g/mol. The van der Waals surface area contributed by atoms with Crippen molar-refractivity contribution in [2.75, 3.05) is 32.5 Å². The van der Waals surface area contributed by atoms with E-state index in [-0.39, 0.29) is 42.0 Å². The van der Waals surface area contributed by atoms with Gasteiger partial charge in [0.25, 0.3) is 5.91 Å². The van der Waals surface area contributed by atoms with E-state index in [2.05, 4.69) is 31.7 Å². The van der Waals surface area contributed by atoms with Gasteiger partial charge in [-0.1, -0.05) is 37.3 Å². The van der Waals surface area contributed by atoms with E-state index in [4.69, 9.17) is 0 Å². The van der Waals surface area contributed by atoms with Gasteiger partial charge in [0.15, 0.2) is 0 Å². The number of hydrogen-bond acceptors (Lipinski definition) is 6. The Kier molecular flexibility index (Phi) is 8.35. The molecule has 5 N–H and O–H groups in total. The van der Waals surface area contributed by atoms with Crippen molar-refractivity contribution in [3.05, 3.63) is 65.7 Å². The van der Waals surface area contributed by atoms with E-state index in [0.717, 1.165) is 5.56 Å². The maximum atomic E-state index is 13.6. The van der Waals surface area contributed by atoms with Crippen LogP contribution >= 0.6 is 0 Å². The van der Waals surface area contributed by atoms with Crippen LogP contribution in [-0.2, 0) is 4.79 Å². The van der Waals surface area contributed by atoms with Crippen LogP contribution in [0, 0.1) is 5.92 Å². The summed E-state index contributed by atoms with van der Waals surface area (Å²) in [5.74, 6) is -0.329. The first-order valence-corrected chi connectivity index (χ1v) is 13.1. The number of likely N-dealkylation sites (tertiary alicyclic amines) is 1. The van der Waals surface area contributed by atoms with Crippen LogP contribution in [0.5, 0.6) is 0 Å². The van der Waals surface area contributed by atoms with Crippen molar-refractivity contribution in [2.24, 2.45) is 5.92 Å². The largest absolute Gasteiger partial charge is 0.335 e. The van der Waals surface area contributed by atoms with Crippen LogP contribution in [-0.4, -0.2) is 72.6 Å². The van der Waals surface area contributed by atoms with E-state index in [9.17, 15) is 14.4 Å². The molecule has 2 aromatic carbocycles. The molecule has 38 heavy (non-hydrogen) atoms. The molecule has 10 nitrogen and oxygen atoms in total. The maximum absolute atomic E-state index is 13.6. The van der Waals surface area contributed by atoms with Gasteiger partial charge < -0.3 is 25.8 Å². The Balaban J connectivity index is 1.42. The molecule has 2 aliphatic rings. The lowest BCUT2D eigenvalue weighted by Gasteiger charge is -2.37. The minimum atomic E-state index is -0.486. The van der Waals surface area contributed by atoms with Gasteiger partial charge in [-0.15, -0.1) is 0 Å². The number of nitrogens with one attached hydrogen (secondary N) is 5. The van der Waals surface area contributed by atoms with Gasteiger partial charge in [-0.2, -0.15) is 0 Å². The molecule has 0 saturated carbocycles. The van der Waals surface area contributed by atoms with Crippen LogP contribution in [0.1, 0.15) is 49.2 Å². The van der Waals surface area contributed by atoms with E-state index < -0.39 is 5.54 Å². The summed E-state index contributed by atoms with van der Waals surface area (Å²) in [7, 11) is 3.98. The molecule has 2 fully saturated rings. The normalized spacial score (nSPS) is 22.6. The van der Waals surface area contributed by atoms with Crippen LogP contribution in [0.15, 0.2) is 54.6 Å². The highest BCUT2D eigenvalue weighted by molar-refractivity contribution is 5.96. The van der Waals surface area contributed by atoms with Crippen molar-refractivity contribution in [1.82, 2.24) is 31.3 Å². The van der Waals surface area contributed by atoms with Crippen LogP contribution in [0.3, 0.4) is 0 Å². The summed E-state index contributed by atoms with van der Waals surface area (Å²) >= 11 is 0. The minimum absolute atomic E-state index is 0.0214. The number of rotatable bonds is 8. The van der Waals surface area contributed by atoms with Crippen LogP contribution in [0.25, 0.3) is 0 Å².